The number of aliphatic hydroxyl groups excluding tert-OH is 1. The van der Waals surface area contributed by atoms with Gasteiger partial charge in [0.05, 0.1) is 23.7 Å². The summed E-state index contributed by atoms with van der Waals surface area (Å²) in [6.45, 7) is 0. The van der Waals surface area contributed by atoms with Crippen LogP contribution in [-0.2, 0) is 9.53 Å². The third-order valence-electron chi connectivity index (χ3n) is 5.72. The van der Waals surface area contributed by atoms with Gasteiger partial charge in [0, 0.05) is 28.9 Å². The first kappa shape index (κ1) is 18.9. The van der Waals surface area contributed by atoms with Crippen LogP contribution in [0.1, 0.15) is 42.9 Å². The average Bonchev–Trinajstić information content (AvgIpc) is 3.57. The zero-order chi connectivity index (χ0) is 20.7. The van der Waals surface area contributed by atoms with Gasteiger partial charge in [-0.25, -0.2) is 4.39 Å². The van der Waals surface area contributed by atoms with Gasteiger partial charge < -0.3 is 9.84 Å². The first-order valence-electron chi connectivity index (χ1n) is 10.3. The van der Waals surface area contributed by atoms with E-state index in [1.807, 2.05) is 36.4 Å². The highest BCUT2D eigenvalue weighted by atomic mass is 19.1. The third kappa shape index (κ3) is 3.73. The minimum atomic E-state index is -0.685. The summed E-state index contributed by atoms with van der Waals surface area (Å²) >= 11 is 0. The quantitative estimate of drug-likeness (QED) is 0.623. The number of nitrogens with zero attached hydrogens (tertiary/aromatic N) is 1. The summed E-state index contributed by atoms with van der Waals surface area (Å²) in [6.07, 6.45) is 5.24. The molecule has 0 bridgehead atoms. The van der Waals surface area contributed by atoms with Crippen LogP contribution in [0, 0.1) is 5.82 Å². The van der Waals surface area contributed by atoms with Crippen LogP contribution in [0.3, 0.4) is 0 Å². The van der Waals surface area contributed by atoms with E-state index in [9.17, 15) is 14.3 Å². The van der Waals surface area contributed by atoms with Gasteiger partial charge in [-0.1, -0.05) is 36.4 Å². The van der Waals surface area contributed by atoms with E-state index in [0.29, 0.717) is 12.3 Å². The summed E-state index contributed by atoms with van der Waals surface area (Å²) in [4.78, 5) is 16.7. The number of aromatic nitrogens is 1. The summed E-state index contributed by atoms with van der Waals surface area (Å²) in [5.41, 5.74) is 4.82. The maximum absolute atomic E-state index is 13.6. The molecule has 1 saturated heterocycles. The Balaban J connectivity index is 1.68. The molecule has 2 aromatic carbocycles. The Kier molecular flexibility index (Phi) is 4.83. The zero-order valence-electron chi connectivity index (χ0n) is 16.4. The Morgan fingerprint density at radius 2 is 1.87 bits per heavy atom. The summed E-state index contributed by atoms with van der Waals surface area (Å²) in [7, 11) is 0. The molecule has 152 valence electrons. The third-order valence-corrected chi connectivity index (χ3v) is 5.72. The number of hydrogen-bond acceptors (Lipinski definition) is 4. The van der Waals surface area contributed by atoms with Gasteiger partial charge in [0.15, 0.2) is 0 Å². The lowest BCUT2D eigenvalue weighted by atomic mass is 9.92. The molecule has 1 aliphatic heterocycles. The number of carbonyl (C=O) groups is 1. The van der Waals surface area contributed by atoms with Crippen molar-refractivity contribution in [2.45, 2.75) is 43.8 Å². The first-order valence-corrected chi connectivity index (χ1v) is 10.3. The standard InChI is InChI=1S/C25H22FNO3/c26-17-9-7-15(8-10-17)24-20-3-1-2-4-22(20)27-25(16-5-6-16)21(24)12-11-19-13-18(28)14-23(29)30-19/h1-4,7-12,16,18-19,28H,5-6,13-14H2/t18-,19?/m1/s1. The van der Waals surface area contributed by atoms with Crippen LogP contribution in [0.2, 0.25) is 0 Å². The van der Waals surface area contributed by atoms with Gasteiger partial charge in [0.25, 0.3) is 0 Å². The van der Waals surface area contributed by atoms with Gasteiger partial charge in [0.2, 0.25) is 0 Å². The molecule has 2 heterocycles. The summed E-state index contributed by atoms with van der Waals surface area (Å²) in [5, 5.41) is 10.9. The smallest absolute Gasteiger partial charge is 0.309 e. The van der Waals surface area contributed by atoms with Crippen molar-refractivity contribution >= 4 is 22.9 Å². The lowest BCUT2D eigenvalue weighted by Gasteiger charge is -2.23. The van der Waals surface area contributed by atoms with E-state index in [0.717, 1.165) is 46.1 Å². The van der Waals surface area contributed by atoms with Crippen LogP contribution in [0.4, 0.5) is 4.39 Å². The minimum Gasteiger partial charge on any atom is -0.458 e. The second-order valence-electron chi connectivity index (χ2n) is 8.07. The molecule has 1 aliphatic carbocycles. The van der Waals surface area contributed by atoms with Crippen molar-refractivity contribution in [1.82, 2.24) is 4.98 Å². The average molecular weight is 403 g/mol. The van der Waals surface area contributed by atoms with Gasteiger partial charge in [-0.2, -0.15) is 0 Å². The Morgan fingerprint density at radius 3 is 2.60 bits per heavy atom. The maximum atomic E-state index is 13.6. The Labute approximate surface area is 174 Å². The molecule has 1 saturated carbocycles. The van der Waals surface area contributed by atoms with Crippen molar-refractivity contribution in [3.8, 4) is 11.1 Å². The normalized spacial score (nSPS) is 21.9. The van der Waals surface area contributed by atoms with Crippen LogP contribution >= 0.6 is 0 Å². The molecule has 4 nitrogen and oxygen atoms in total. The molecular formula is C25H22FNO3. The topological polar surface area (TPSA) is 59.4 Å². The van der Waals surface area contributed by atoms with Crippen molar-refractivity contribution in [2.24, 2.45) is 0 Å². The molecule has 2 atom stereocenters. The van der Waals surface area contributed by atoms with E-state index in [1.165, 1.54) is 12.1 Å². The second-order valence-corrected chi connectivity index (χ2v) is 8.07. The Hall–Kier alpha value is -3.05. The van der Waals surface area contributed by atoms with Crippen molar-refractivity contribution in [3.63, 3.8) is 0 Å². The molecule has 5 heteroatoms. The molecule has 0 radical (unpaired) electrons. The Morgan fingerprint density at radius 1 is 1.10 bits per heavy atom. The van der Waals surface area contributed by atoms with Gasteiger partial charge in [-0.15, -0.1) is 0 Å². The molecule has 2 aliphatic rings. The first-order chi connectivity index (χ1) is 14.6. The van der Waals surface area contributed by atoms with Crippen molar-refractivity contribution in [3.05, 3.63) is 71.7 Å². The minimum absolute atomic E-state index is 0.0377. The molecular weight excluding hydrogens is 381 g/mol. The van der Waals surface area contributed by atoms with Gasteiger partial charge in [-0.05, 0) is 42.7 Å². The summed E-state index contributed by atoms with van der Waals surface area (Å²) < 4.78 is 19.0. The zero-order valence-corrected chi connectivity index (χ0v) is 16.4. The number of benzene rings is 2. The lowest BCUT2D eigenvalue weighted by molar-refractivity contribution is -0.156. The number of esters is 1. The molecule has 3 aromatic rings. The predicted molar refractivity (Wildman–Crippen MR) is 113 cm³/mol. The van der Waals surface area contributed by atoms with Gasteiger partial charge in [-0.3, -0.25) is 9.78 Å². The number of aliphatic hydroxyl groups is 1. The largest absolute Gasteiger partial charge is 0.458 e. The fraction of sp³-hybridized carbons (Fsp3) is 0.280. The molecule has 1 unspecified atom stereocenters. The van der Waals surface area contributed by atoms with Crippen molar-refractivity contribution in [1.29, 1.82) is 0 Å². The van der Waals surface area contributed by atoms with Crippen LogP contribution in [-0.4, -0.2) is 28.3 Å². The van der Waals surface area contributed by atoms with Gasteiger partial charge >= 0.3 is 5.97 Å². The van der Waals surface area contributed by atoms with Crippen LogP contribution in [0.5, 0.6) is 0 Å². The maximum Gasteiger partial charge on any atom is 0.309 e. The molecule has 2 fully saturated rings. The molecule has 1 N–H and O–H groups in total. The van der Waals surface area contributed by atoms with E-state index in [1.54, 1.807) is 12.1 Å². The van der Waals surface area contributed by atoms with Crippen LogP contribution in [0.25, 0.3) is 28.1 Å². The SMILES string of the molecule is O=C1C[C@H](O)CC(C=Cc2c(C3CC3)nc3ccccc3c2-c2ccc(F)cc2)O1. The predicted octanol–water partition coefficient (Wildman–Crippen LogP) is 5.00. The lowest BCUT2D eigenvalue weighted by Crippen LogP contribution is -2.31. The highest BCUT2D eigenvalue weighted by molar-refractivity contribution is 5.99. The highest BCUT2D eigenvalue weighted by Crippen LogP contribution is 2.45. The van der Waals surface area contributed by atoms with Crippen LogP contribution < -0.4 is 0 Å². The molecule has 30 heavy (non-hydrogen) atoms. The molecule has 0 spiro atoms. The molecule has 0 amide bonds. The number of hydrogen-bond donors (Lipinski definition) is 1. The number of carbonyl (C=O) groups excluding carboxylic acids is 1. The number of halogens is 1. The van der Waals surface area contributed by atoms with Crippen molar-refractivity contribution < 1.29 is 19.0 Å². The Bertz CT molecular complexity index is 1140. The van der Waals surface area contributed by atoms with E-state index in [2.05, 4.69) is 0 Å². The second kappa shape index (κ2) is 7.65. The van der Waals surface area contributed by atoms with E-state index in [4.69, 9.17) is 9.72 Å². The van der Waals surface area contributed by atoms with Crippen LogP contribution in [0.15, 0.2) is 54.6 Å². The molecule has 1 aromatic heterocycles. The number of rotatable bonds is 4. The number of pyridine rings is 1. The van der Waals surface area contributed by atoms with Gasteiger partial charge in [0.1, 0.15) is 11.9 Å². The monoisotopic (exact) mass is 403 g/mol. The van der Waals surface area contributed by atoms with E-state index >= 15 is 0 Å². The number of para-hydroxylation sites is 1. The number of ether oxygens (including phenoxy) is 1. The number of fused-ring (bicyclic) bond motifs is 1. The molecule has 5 rings (SSSR count). The van der Waals surface area contributed by atoms with Crippen molar-refractivity contribution in [2.75, 3.05) is 0 Å². The summed E-state index contributed by atoms with van der Waals surface area (Å²) in [6, 6.07) is 14.5. The fourth-order valence-corrected chi connectivity index (χ4v) is 4.14. The van der Waals surface area contributed by atoms with E-state index in [-0.39, 0.29) is 18.2 Å². The number of cyclic esters (lactones) is 1. The summed E-state index contributed by atoms with van der Waals surface area (Å²) in [5.74, 6) is -0.270. The highest BCUT2D eigenvalue weighted by Gasteiger charge is 2.30. The van der Waals surface area contributed by atoms with E-state index < -0.39 is 12.2 Å². The fourth-order valence-electron chi connectivity index (χ4n) is 4.14.